The van der Waals surface area contributed by atoms with Gasteiger partial charge >= 0.3 is 0 Å². The third-order valence-electron chi connectivity index (χ3n) is 3.91. The lowest BCUT2D eigenvalue weighted by Crippen LogP contribution is -2.22. The molecule has 0 saturated heterocycles. The van der Waals surface area contributed by atoms with E-state index in [0.29, 0.717) is 13.2 Å². The first kappa shape index (κ1) is 21.1. The first-order valence-corrected chi connectivity index (χ1v) is 9.52. The Bertz CT molecular complexity index is 471. The van der Waals surface area contributed by atoms with Crippen LogP contribution in [0.2, 0.25) is 0 Å². The highest BCUT2D eigenvalue weighted by Crippen LogP contribution is 2.18. The summed E-state index contributed by atoms with van der Waals surface area (Å²) in [4.78, 5) is 11.0. The molecule has 0 atom stereocenters. The second-order valence-corrected chi connectivity index (χ2v) is 6.14. The van der Waals surface area contributed by atoms with E-state index in [2.05, 4.69) is 18.8 Å². The van der Waals surface area contributed by atoms with E-state index < -0.39 is 0 Å². The number of ether oxygens (including phenoxy) is 2. The molecule has 1 rings (SSSR count). The van der Waals surface area contributed by atoms with Crippen LogP contribution in [0.25, 0.3) is 0 Å². The Balaban J connectivity index is 2.05. The van der Waals surface area contributed by atoms with Crippen LogP contribution in [-0.2, 0) is 4.79 Å². The fourth-order valence-electron chi connectivity index (χ4n) is 2.41. The minimum absolute atomic E-state index is 0.127. The highest BCUT2D eigenvalue weighted by Gasteiger charge is 1.98. The van der Waals surface area contributed by atoms with Gasteiger partial charge in [0.2, 0.25) is 5.91 Å². The first-order chi connectivity index (χ1) is 12.3. The summed E-state index contributed by atoms with van der Waals surface area (Å²) in [6, 6.07) is 7.79. The van der Waals surface area contributed by atoms with Crippen LogP contribution in [0.1, 0.15) is 58.3 Å². The zero-order valence-corrected chi connectivity index (χ0v) is 15.6. The van der Waals surface area contributed by atoms with Crippen LogP contribution in [0, 0.1) is 0 Å². The number of amides is 1. The summed E-state index contributed by atoms with van der Waals surface area (Å²) in [5, 5.41) is 2.75. The van der Waals surface area contributed by atoms with Crippen molar-refractivity contribution in [1.29, 1.82) is 0 Å². The van der Waals surface area contributed by atoms with Gasteiger partial charge in [-0.1, -0.05) is 45.6 Å². The number of hydrogen-bond acceptors (Lipinski definition) is 3. The number of carbonyl (C=O) groups is 1. The van der Waals surface area contributed by atoms with E-state index in [0.717, 1.165) is 37.4 Å². The van der Waals surface area contributed by atoms with E-state index in [1.807, 2.05) is 24.3 Å². The monoisotopic (exact) mass is 347 g/mol. The molecule has 0 aliphatic heterocycles. The number of nitrogens with one attached hydrogen (secondary N) is 1. The lowest BCUT2D eigenvalue weighted by molar-refractivity contribution is -0.116. The van der Waals surface area contributed by atoms with Gasteiger partial charge in [-0.05, 0) is 49.6 Å². The maximum atomic E-state index is 11.0. The maximum absolute atomic E-state index is 11.0. The molecule has 0 saturated carbocycles. The molecule has 0 aromatic heterocycles. The van der Waals surface area contributed by atoms with Crippen molar-refractivity contribution in [2.45, 2.75) is 58.3 Å². The molecule has 0 aliphatic rings. The van der Waals surface area contributed by atoms with E-state index in [9.17, 15) is 4.79 Å². The Morgan fingerprint density at radius 3 is 2.00 bits per heavy atom. The predicted octanol–water partition coefficient (Wildman–Crippen LogP) is 4.89. The van der Waals surface area contributed by atoms with Crippen LogP contribution in [0.3, 0.4) is 0 Å². The standard InChI is InChI=1S/C21H33NO3/c1-3-5-6-7-8-10-17-24-19-12-14-20(15-13-19)25-18-11-9-16-22-21(23)4-2/h4,12-15H,2-3,5-11,16-18H2,1H3,(H,22,23). The molecule has 1 aromatic rings. The van der Waals surface area contributed by atoms with Crippen molar-refractivity contribution in [3.05, 3.63) is 36.9 Å². The molecule has 0 spiro atoms. The number of rotatable bonds is 15. The SMILES string of the molecule is C=CC(=O)NCCCCOc1ccc(OCCCCCCCC)cc1. The Morgan fingerprint density at radius 2 is 1.44 bits per heavy atom. The normalized spacial score (nSPS) is 10.3. The van der Waals surface area contributed by atoms with Crippen molar-refractivity contribution < 1.29 is 14.3 Å². The van der Waals surface area contributed by atoms with Gasteiger partial charge in [0.05, 0.1) is 13.2 Å². The fraction of sp³-hybridized carbons (Fsp3) is 0.571. The Kier molecular flexibility index (Phi) is 12.1. The summed E-state index contributed by atoms with van der Waals surface area (Å²) in [5.41, 5.74) is 0. The van der Waals surface area contributed by atoms with Gasteiger partial charge in [0, 0.05) is 6.54 Å². The molecule has 0 unspecified atom stereocenters. The average molecular weight is 347 g/mol. The van der Waals surface area contributed by atoms with E-state index >= 15 is 0 Å². The first-order valence-electron chi connectivity index (χ1n) is 9.52. The highest BCUT2D eigenvalue weighted by atomic mass is 16.5. The van der Waals surface area contributed by atoms with Crippen LogP contribution >= 0.6 is 0 Å². The molecule has 0 heterocycles. The molecular formula is C21H33NO3. The van der Waals surface area contributed by atoms with E-state index in [-0.39, 0.29) is 5.91 Å². The lowest BCUT2D eigenvalue weighted by atomic mass is 10.1. The molecule has 0 fully saturated rings. The second kappa shape index (κ2) is 14.4. The van der Waals surface area contributed by atoms with E-state index in [1.165, 1.54) is 38.2 Å². The summed E-state index contributed by atoms with van der Waals surface area (Å²) in [6.07, 6.45) is 10.7. The molecule has 0 radical (unpaired) electrons. The zero-order chi connectivity index (χ0) is 18.2. The van der Waals surface area contributed by atoms with Crippen LogP contribution in [0.4, 0.5) is 0 Å². The largest absolute Gasteiger partial charge is 0.494 e. The van der Waals surface area contributed by atoms with Crippen molar-refractivity contribution >= 4 is 5.91 Å². The molecule has 4 heteroatoms. The van der Waals surface area contributed by atoms with Crippen LogP contribution in [-0.4, -0.2) is 25.7 Å². The highest BCUT2D eigenvalue weighted by molar-refractivity contribution is 5.86. The van der Waals surface area contributed by atoms with Gasteiger partial charge in [0.25, 0.3) is 0 Å². The van der Waals surface area contributed by atoms with Gasteiger partial charge < -0.3 is 14.8 Å². The summed E-state index contributed by atoms with van der Waals surface area (Å²) in [6.45, 7) is 7.72. The van der Waals surface area contributed by atoms with Crippen molar-refractivity contribution in [2.75, 3.05) is 19.8 Å². The topological polar surface area (TPSA) is 47.6 Å². The van der Waals surface area contributed by atoms with Gasteiger partial charge in [-0.15, -0.1) is 0 Å². The van der Waals surface area contributed by atoms with Crippen molar-refractivity contribution in [2.24, 2.45) is 0 Å². The molecule has 1 aromatic carbocycles. The van der Waals surface area contributed by atoms with Crippen molar-refractivity contribution in [3.8, 4) is 11.5 Å². The van der Waals surface area contributed by atoms with E-state index in [4.69, 9.17) is 9.47 Å². The minimum atomic E-state index is -0.127. The van der Waals surface area contributed by atoms with Crippen LogP contribution in [0.5, 0.6) is 11.5 Å². The third-order valence-corrected chi connectivity index (χ3v) is 3.91. The summed E-state index contributed by atoms with van der Waals surface area (Å²) < 4.78 is 11.4. The summed E-state index contributed by atoms with van der Waals surface area (Å²) in [5.74, 6) is 1.62. The van der Waals surface area contributed by atoms with Crippen LogP contribution < -0.4 is 14.8 Å². The molecule has 1 amide bonds. The van der Waals surface area contributed by atoms with Crippen LogP contribution in [0.15, 0.2) is 36.9 Å². The quantitative estimate of drug-likeness (QED) is 0.363. The van der Waals surface area contributed by atoms with E-state index in [1.54, 1.807) is 0 Å². The number of unbranched alkanes of at least 4 members (excludes halogenated alkanes) is 6. The second-order valence-electron chi connectivity index (χ2n) is 6.14. The van der Waals surface area contributed by atoms with Gasteiger partial charge in [-0.25, -0.2) is 0 Å². The number of hydrogen-bond donors (Lipinski definition) is 1. The zero-order valence-electron chi connectivity index (χ0n) is 15.6. The Labute approximate surface area is 152 Å². The molecular weight excluding hydrogens is 314 g/mol. The fourth-order valence-corrected chi connectivity index (χ4v) is 2.41. The third kappa shape index (κ3) is 11.2. The minimum Gasteiger partial charge on any atom is -0.494 e. The Hall–Kier alpha value is -1.97. The maximum Gasteiger partial charge on any atom is 0.243 e. The summed E-state index contributed by atoms with van der Waals surface area (Å²) >= 11 is 0. The van der Waals surface area contributed by atoms with Gasteiger partial charge in [0.15, 0.2) is 0 Å². The molecule has 4 nitrogen and oxygen atoms in total. The molecule has 1 N–H and O–H groups in total. The Morgan fingerprint density at radius 1 is 0.920 bits per heavy atom. The molecule has 25 heavy (non-hydrogen) atoms. The predicted molar refractivity (Wildman–Crippen MR) is 103 cm³/mol. The molecule has 0 aliphatic carbocycles. The summed E-state index contributed by atoms with van der Waals surface area (Å²) in [7, 11) is 0. The average Bonchev–Trinajstić information content (AvgIpc) is 2.64. The molecule has 0 bridgehead atoms. The van der Waals surface area contributed by atoms with Crippen molar-refractivity contribution in [3.63, 3.8) is 0 Å². The van der Waals surface area contributed by atoms with Crippen molar-refractivity contribution in [1.82, 2.24) is 5.32 Å². The lowest BCUT2D eigenvalue weighted by Gasteiger charge is -2.09. The molecule has 140 valence electrons. The number of benzene rings is 1. The van der Waals surface area contributed by atoms with Gasteiger partial charge in [-0.2, -0.15) is 0 Å². The van der Waals surface area contributed by atoms with Gasteiger partial charge in [0.1, 0.15) is 11.5 Å². The van der Waals surface area contributed by atoms with Gasteiger partial charge in [-0.3, -0.25) is 4.79 Å². The number of carbonyl (C=O) groups excluding carboxylic acids is 1. The smallest absolute Gasteiger partial charge is 0.243 e.